The third-order valence-corrected chi connectivity index (χ3v) is 14.4. The predicted octanol–water partition coefficient (Wildman–Crippen LogP) is 18.4. The molecule has 0 aromatic heterocycles. The third kappa shape index (κ3) is 49.3. The first-order valence-corrected chi connectivity index (χ1v) is 29.1. The Labute approximate surface area is 390 Å². The van der Waals surface area contributed by atoms with Crippen molar-refractivity contribution >= 4 is 0 Å². The normalized spacial score (nSPS) is 11.8. The van der Waals surface area contributed by atoms with Crippen LogP contribution in [0.5, 0.6) is 0 Å². The van der Waals surface area contributed by atoms with Crippen LogP contribution in [0.3, 0.4) is 0 Å². The van der Waals surface area contributed by atoms with Gasteiger partial charge in [0.1, 0.15) is 0 Å². The highest BCUT2D eigenvalue weighted by Crippen LogP contribution is 2.22. The topological polar surface area (TPSA) is 0 Å². The lowest BCUT2D eigenvalue weighted by Crippen LogP contribution is -3.00. The van der Waals surface area contributed by atoms with Gasteiger partial charge in [0.15, 0.2) is 0 Å². The number of rotatable bonds is 54. The average Bonchev–Trinajstić information content (AvgIpc) is 3.25. The van der Waals surface area contributed by atoms with Crippen LogP contribution >= 0.6 is 0 Å². The van der Waals surface area contributed by atoms with Crippen molar-refractivity contribution in [2.75, 3.05) is 26.2 Å². The van der Waals surface area contributed by atoms with Gasteiger partial charge in [-0.2, -0.15) is 0 Å². The third-order valence-electron chi connectivity index (χ3n) is 14.4. The average molecular weight is 867 g/mol. The molecule has 0 bridgehead atoms. The maximum atomic E-state index is 2.44. The van der Waals surface area contributed by atoms with E-state index in [0.717, 1.165) is 0 Å². The second-order valence-electron chi connectivity index (χ2n) is 20.5. The fraction of sp³-hybridized carbons (Fsp3) is 1.00. The summed E-state index contributed by atoms with van der Waals surface area (Å²) in [7, 11) is 0. The Hall–Kier alpha value is 0.250. The summed E-state index contributed by atoms with van der Waals surface area (Å²) in [5.74, 6) is 0. The van der Waals surface area contributed by atoms with Gasteiger partial charge in [0.2, 0.25) is 0 Å². The Morgan fingerprint density at radius 3 is 0.417 bits per heavy atom. The fourth-order valence-electron chi connectivity index (χ4n) is 10.2. The van der Waals surface area contributed by atoms with E-state index in [2.05, 4.69) is 27.7 Å². The zero-order valence-electron chi connectivity index (χ0n) is 43.0. The first kappa shape index (κ1) is 62.3. The summed E-state index contributed by atoms with van der Waals surface area (Å²) in [5.41, 5.74) is 0. The summed E-state index contributed by atoms with van der Waals surface area (Å²) in [4.78, 5) is 0. The zero-order valence-corrected chi connectivity index (χ0v) is 43.8. The number of hydrogen-bond donors (Lipinski definition) is 0. The predicted molar refractivity (Wildman–Crippen MR) is 273 cm³/mol. The molecule has 0 aliphatic heterocycles. The number of hydrogen-bond acceptors (Lipinski definition) is 0. The molecule has 0 rings (SSSR count). The molecule has 0 N–H and O–H groups in total. The molecule has 0 saturated heterocycles. The van der Waals surface area contributed by atoms with Crippen LogP contribution in [0.1, 0.15) is 349 Å². The van der Waals surface area contributed by atoms with Crippen LogP contribution < -0.4 is 12.4 Å². The number of unbranched alkanes of at least 4 members (excludes halogenated alkanes) is 46. The van der Waals surface area contributed by atoms with E-state index in [9.17, 15) is 0 Å². The molecule has 2 heteroatoms. The summed E-state index contributed by atoms with van der Waals surface area (Å²) in [6.45, 7) is 15.3. The highest BCUT2D eigenvalue weighted by atomic mass is 35.5. The van der Waals surface area contributed by atoms with Crippen molar-refractivity contribution in [3.05, 3.63) is 0 Å². The summed E-state index contributed by atoms with van der Waals surface area (Å²) < 4.78 is 1.48. The lowest BCUT2D eigenvalue weighted by atomic mass is 10.0. The van der Waals surface area contributed by atoms with E-state index < -0.39 is 0 Å². The molecule has 0 aromatic carbocycles. The van der Waals surface area contributed by atoms with Gasteiger partial charge in [-0.15, -0.1) is 0 Å². The van der Waals surface area contributed by atoms with E-state index in [1.807, 2.05) is 0 Å². The molecule has 0 atom stereocenters. The van der Waals surface area contributed by atoms with Crippen LogP contribution in [0.2, 0.25) is 0 Å². The summed E-state index contributed by atoms with van der Waals surface area (Å²) in [6.07, 6.45) is 73.7. The standard InChI is InChI=1S/C58H120N.ClH/c1-5-9-13-16-19-22-25-28-31-34-37-40-43-46-49-52-56-59(55-12-8-4,57-53-50-47-44-41-38-35-32-29-26-23-20-17-14-10-6-2)58-54-51-48-45-42-39-36-33-30-27-24-21-18-15-11-7-3;/h5-58H2,1-4H3;1H/q+1;/p-1. The van der Waals surface area contributed by atoms with Gasteiger partial charge < -0.3 is 16.9 Å². The lowest BCUT2D eigenvalue weighted by molar-refractivity contribution is -0.929. The number of nitrogens with zero attached hydrogens (tertiary/aromatic N) is 1. The van der Waals surface area contributed by atoms with Crippen molar-refractivity contribution < 1.29 is 16.9 Å². The second-order valence-corrected chi connectivity index (χ2v) is 20.5. The molecular formula is C58H120ClN. The van der Waals surface area contributed by atoms with E-state index in [-0.39, 0.29) is 12.4 Å². The second kappa shape index (κ2) is 55.4. The minimum Gasteiger partial charge on any atom is -1.00 e. The summed E-state index contributed by atoms with van der Waals surface area (Å²) >= 11 is 0. The van der Waals surface area contributed by atoms with Gasteiger partial charge in [-0.25, -0.2) is 0 Å². The molecule has 60 heavy (non-hydrogen) atoms. The van der Waals surface area contributed by atoms with E-state index in [1.165, 1.54) is 352 Å². The van der Waals surface area contributed by atoms with Gasteiger partial charge in [-0.3, -0.25) is 0 Å². The maximum Gasteiger partial charge on any atom is 0.0786 e. The minimum atomic E-state index is 0. The molecule has 0 unspecified atom stereocenters. The molecule has 0 radical (unpaired) electrons. The van der Waals surface area contributed by atoms with Crippen molar-refractivity contribution in [1.82, 2.24) is 0 Å². The summed E-state index contributed by atoms with van der Waals surface area (Å²) in [6, 6.07) is 0. The number of quaternary nitrogens is 1. The molecule has 0 aliphatic carbocycles. The zero-order chi connectivity index (χ0) is 42.7. The molecule has 364 valence electrons. The van der Waals surface area contributed by atoms with Gasteiger partial charge in [-0.05, 0) is 44.9 Å². The summed E-state index contributed by atoms with van der Waals surface area (Å²) in [5, 5.41) is 0. The van der Waals surface area contributed by atoms with E-state index in [1.54, 1.807) is 0 Å². The molecule has 0 spiro atoms. The highest BCUT2D eigenvalue weighted by Gasteiger charge is 2.25. The van der Waals surface area contributed by atoms with Crippen molar-refractivity contribution in [2.45, 2.75) is 349 Å². The highest BCUT2D eigenvalue weighted by molar-refractivity contribution is 4.57. The van der Waals surface area contributed by atoms with Gasteiger partial charge in [0.25, 0.3) is 0 Å². The fourth-order valence-corrected chi connectivity index (χ4v) is 10.2. The van der Waals surface area contributed by atoms with E-state index >= 15 is 0 Å². The molecule has 0 aliphatic rings. The van der Waals surface area contributed by atoms with Gasteiger partial charge in [0.05, 0.1) is 26.2 Å². The Morgan fingerprint density at radius 1 is 0.150 bits per heavy atom. The van der Waals surface area contributed by atoms with Crippen LogP contribution in [0, 0.1) is 0 Å². The smallest absolute Gasteiger partial charge is 0.0786 e. The lowest BCUT2D eigenvalue weighted by Gasteiger charge is -2.39. The molecule has 0 saturated carbocycles. The van der Waals surface area contributed by atoms with E-state index in [0.29, 0.717) is 0 Å². The Morgan fingerprint density at radius 2 is 0.267 bits per heavy atom. The molecule has 0 fully saturated rings. The van der Waals surface area contributed by atoms with Crippen molar-refractivity contribution in [2.24, 2.45) is 0 Å². The Kier molecular flexibility index (Phi) is 57.5. The largest absolute Gasteiger partial charge is 1.00 e. The monoisotopic (exact) mass is 866 g/mol. The van der Waals surface area contributed by atoms with Gasteiger partial charge in [0, 0.05) is 0 Å². The minimum absolute atomic E-state index is 0. The molecular weight excluding hydrogens is 746 g/mol. The van der Waals surface area contributed by atoms with Gasteiger partial charge in [-0.1, -0.05) is 304 Å². The van der Waals surface area contributed by atoms with Crippen molar-refractivity contribution in [3.63, 3.8) is 0 Å². The van der Waals surface area contributed by atoms with Crippen molar-refractivity contribution in [1.29, 1.82) is 0 Å². The number of halogens is 1. The van der Waals surface area contributed by atoms with Crippen molar-refractivity contribution in [3.8, 4) is 0 Å². The first-order chi connectivity index (χ1) is 29.2. The maximum absolute atomic E-state index is 2.44. The van der Waals surface area contributed by atoms with Crippen LogP contribution in [0.15, 0.2) is 0 Å². The van der Waals surface area contributed by atoms with Crippen LogP contribution in [-0.4, -0.2) is 30.7 Å². The Bertz CT molecular complexity index is 633. The molecule has 0 amide bonds. The molecule has 0 heterocycles. The first-order valence-electron chi connectivity index (χ1n) is 29.1. The van der Waals surface area contributed by atoms with Crippen LogP contribution in [0.25, 0.3) is 0 Å². The SMILES string of the molecule is CCCCCCCCCCCCCCCCCC[N+](CCCC)(CCCCCCCCCCCCCCCCCC)CCCCCCCCCCCCCCCCCC.[Cl-]. The molecule has 0 aromatic rings. The van der Waals surface area contributed by atoms with Crippen LogP contribution in [0.4, 0.5) is 0 Å². The quantitative estimate of drug-likeness (QED) is 0.0422. The van der Waals surface area contributed by atoms with E-state index in [4.69, 9.17) is 0 Å². The van der Waals surface area contributed by atoms with Crippen LogP contribution in [-0.2, 0) is 0 Å². The Balaban J connectivity index is 0. The van der Waals surface area contributed by atoms with Gasteiger partial charge >= 0.3 is 0 Å². The molecule has 1 nitrogen and oxygen atoms in total.